The molecule has 0 aromatic heterocycles. The van der Waals surface area contributed by atoms with Gasteiger partial charge in [0.1, 0.15) is 6.61 Å². The fraction of sp³-hybridized carbons (Fsp3) is 0.917. The Balaban J connectivity index is 2.38. The lowest BCUT2D eigenvalue weighted by atomic mass is 9.95. The summed E-state index contributed by atoms with van der Waals surface area (Å²) in [5, 5.41) is 0. The zero-order valence-corrected chi connectivity index (χ0v) is 10.8. The van der Waals surface area contributed by atoms with Crippen LogP contribution in [0.4, 0.5) is 0 Å². The summed E-state index contributed by atoms with van der Waals surface area (Å²) in [5.41, 5.74) is 5.66. The van der Waals surface area contributed by atoms with Crippen LogP contribution in [-0.2, 0) is 9.53 Å². The summed E-state index contributed by atoms with van der Waals surface area (Å²) in [6.45, 7) is 9.64. The number of nitrogens with two attached hydrogens (primary N) is 1. The normalized spacial score (nSPS) is 26.9. The van der Waals surface area contributed by atoms with E-state index in [2.05, 4.69) is 6.92 Å². The minimum Gasteiger partial charge on any atom is -0.366 e. The Hall–Kier alpha value is -0.610. The second-order valence-electron chi connectivity index (χ2n) is 5.67. The van der Waals surface area contributed by atoms with Crippen LogP contribution in [0, 0.1) is 5.92 Å². The molecule has 0 aliphatic carbocycles. The number of hydrogen-bond acceptors (Lipinski definition) is 3. The molecule has 2 atom stereocenters. The Bertz CT molecular complexity index is 248. The van der Waals surface area contributed by atoms with Crippen molar-refractivity contribution < 1.29 is 9.53 Å². The molecule has 94 valence electrons. The molecular weight excluding hydrogens is 204 g/mol. The molecule has 1 amide bonds. The largest absolute Gasteiger partial charge is 0.366 e. The SMILES string of the molecule is CC1CN(C(=O)COC(C)(C)C)CCC1N. The van der Waals surface area contributed by atoms with E-state index in [0.29, 0.717) is 5.92 Å². The zero-order valence-electron chi connectivity index (χ0n) is 10.8. The lowest BCUT2D eigenvalue weighted by Gasteiger charge is -2.35. The maximum atomic E-state index is 11.9. The van der Waals surface area contributed by atoms with Gasteiger partial charge in [-0.05, 0) is 33.1 Å². The van der Waals surface area contributed by atoms with E-state index < -0.39 is 0 Å². The highest BCUT2D eigenvalue weighted by molar-refractivity contribution is 5.77. The highest BCUT2D eigenvalue weighted by Gasteiger charge is 2.26. The number of nitrogens with zero attached hydrogens (tertiary/aromatic N) is 1. The monoisotopic (exact) mass is 228 g/mol. The van der Waals surface area contributed by atoms with Gasteiger partial charge in [-0.25, -0.2) is 0 Å². The van der Waals surface area contributed by atoms with Gasteiger partial charge in [-0.3, -0.25) is 4.79 Å². The standard InChI is InChI=1S/C12H24N2O2/c1-9-7-14(6-5-10(9)13)11(15)8-16-12(2,3)4/h9-10H,5-8,13H2,1-4H3. The van der Waals surface area contributed by atoms with Crippen LogP contribution in [0.2, 0.25) is 0 Å². The van der Waals surface area contributed by atoms with Crippen LogP contribution in [-0.4, -0.2) is 42.1 Å². The average molecular weight is 228 g/mol. The van der Waals surface area contributed by atoms with Gasteiger partial charge >= 0.3 is 0 Å². The van der Waals surface area contributed by atoms with Crippen LogP contribution >= 0.6 is 0 Å². The Morgan fingerprint density at radius 1 is 1.50 bits per heavy atom. The number of likely N-dealkylation sites (tertiary alicyclic amines) is 1. The molecule has 1 fully saturated rings. The van der Waals surface area contributed by atoms with Gasteiger partial charge in [-0.15, -0.1) is 0 Å². The molecule has 0 radical (unpaired) electrons. The van der Waals surface area contributed by atoms with Gasteiger partial charge in [0.05, 0.1) is 5.60 Å². The van der Waals surface area contributed by atoms with Gasteiger partial charge in [-0.1, -0.05) is 6.92 Å². The first kappa shape index (κ1) is 13.5. The number of carbonyl (C=O) groups is 1. The minimum absolute atomic E-state index is 0.0775. The first-order chi connectivity index (χ1) is 7.29. The highest BCUT2D eigenvalue weighted by Crippen LogP contribution is 2.15. The Morgan fingerprint density at radius 3 is 2.62 bits per heavy atom. The van der Waals surface area contributed by atoms with Crippen LogP contribution in [0.3, 0.4) is 0 Å². The molecule has 1 aliphatic heterocycles. The fourth-order valence-electron chi connectivity index (χ4n) is 1.76. The van der Waals surface area contributed by atoms with Crippen LogP contribution < -0.4 is 5.73 Å². The smallest absolute Gasteiger partial charge is 0.248 e. The van der Waals surface area contributed by atoms with Crippen molar-refractivity contribution in [3.63, 3.8) is 0 Å². The number of amides is 1. The number of hydrogen-bond donors (Lipinski definition) is 1. The molecule has 16 heavy (non-hydrogen) atoms. The molecule has 0 spiro atoms. The molecule has 0 aromatic rings. The van der Waals surface area contributed by atoms with Crippen molar-refractivity contribution in [1.82, 2.24) is 4.90 Å². The number of ether oxygens (including phenoxy) is 1. The van der Waals surface area contributed by atoms with E-state index in [1.54, 1.807) is 0 Å². The summed E-state index contributed by atoms with van der Waals surface area (Å²) in [7, 11) is 0. The van der Waals surface area contributed by atoms with Crippen LogP contribution in [0.5, 0.6) is 0 Å². The summed E-state index contributed by atoms with van der Waals surface area (Å²) in [4.78, 5) is 13.7. The molecule has 1 rings (SSSR count). The number of carbonyl (C=O) groups excluding carboxylic acids is 1. The summed E-state index contributed by atoms with van der Waals surface area (Å²) in [6.07, 6.45) is 0.891. The van der Waals surface area contributed by atoms with Crippen molar-refractivity contribution >= 4 is 5.91 Å². The molecule has 0 aromatic carbocycles. The molecule has 1 heterocycles. The second-order valence-corrected chi connectivity index (χ2v) is 5.67. The minimum atomic E-state index is -0.256. The Labute approximate surface area is 98.1 Å². The van der Waals surface area contributed by atoms with Crippen molar-refractivity contribution in [2.24, 2.45) is 11.7 Å². The Kier molecular flexibility index (Phi) is 4.33. The van der Waals surface area contributed by atoms with E-state index in [-0.39, 0.29) is 24.2 Å². The van der Waals surface area contributed by atoms with Gasteiger partial charge < -0.3 is 15.4 Å². The van der Waals surface area contributed by atoms with Gasteiger partial charge in [0.25, 0.3) is 0 Å². The van der Waals surface area contributed by atoms with E-state index in [4.69, 9.17) is 10.5 Å². The number of piperidine rings is 1. The van der Waals surface area contributed by atoms with E-state index in [1.807, 2.05) is 25.7 Å². The van der Waals surface area contributed by atoms with Crippen LogP contribution in [0.25, 0.3) is 0 Å². The third kappa shape index (κ3) is 4.10. The molecule has 1 aliphatic rings. The van der Waals surface area contributed by atoms with Crippen molar-refractivity contribution in [1.29, 1.82) is 0 Å². The lowest BCUT2D eigenvalue weighted by molar-refractivity contribution is -0.142. The fourth-order valence-corrected chi connectivity index (χ4v) is 1.76. The molecule has 2 unspecified atom stereocenters. The van der Waals surface area contributed by atoms with E-state index in [9.17, 15) is 4.79 Å². The molecular formula is C12H24N2O2. The molecule has 0 saturated carbocycles. The van der Waals surface area contributed by atoms with Gasteiger partial charge in [0, 0.05) is 19.1 Å². The second kappa shape index (κ2) is 5.15. The third-order valence-corrected chi connectivity index (χ3v) is 2.95. The quantitative estimate of drug-likeness (QED) is 0.767. The number of rotatable bonds is 2. The van der Waals surface area contributed by atoms with Crippen LogP contribution in [0.1, 0.15) is 34.1 Å². The summed E-state index contributed by atoms with van der Waals surface area (Å²) in [6, 6.07) is 0.229. The van der Waals surface area contributed by atoms with Crippen molar-refractivity contribution in [2.75, 3.05) is 19.7 Å². The predicted octanol–water partition coefficient (Wildman–Crippen LogP) is 0.997. The van der Waals surface area contributed by atoms with Crippen molar-refractivity contribution in [2.45, 2.75) is 45.8 Å². The van der Waals surface area contributed by atoms with E-state index in [0.717, 1.165) is 19.5 Å². The molecule has 0 bridgehead atoms. The van der Waals surface area contributed by atoms with Gasteiger partial charge in [-0.2, -0.15) is 0 Å². The molecule has 4 heteroatoms. The molecule has 1 saturated heterocycles. The zero-order chi connectivity index (χ0) is 12.3. The van der Waals surface area contributed by atoms with Gasteiger partial charge in [0.2, 0.25) is 5.91 Å². The summed E-state index contributed by atoms with van der Waals surface area (Å²) < 4.78 is 5.48. The van der Waals surface area contributed by atoms with E-state index in [1.165, 1.54) is 0 Å². The van der Waals surface area contributed by atoms with Crippen molar-refractivity contribution in [3.8, 4) is 0 Å². The first-order valence-electron chi connectivity index (χ1n) is 5.97. The Morgan fingerprint density at radius 2 is 2.12 bits per heavy atom. The maximum absolute atomic E-state index is 11.9. The predicted molar refractivity (Wildman–Crippen MR) is 64.0 cm³/mol. The van der Waals surface area contributed by atoms with Crippen molar-refractivity contribution in [3.05, 3.63) is 0 Å². The maximum Gasteiger partial charge on any atom is 0.248 e. The lowest BCUT2D eigenvalue weighted by Crippen LogP contribution is -2.49. The third-order valence-electron chi connectivity index (χ3n) is 2.95. The molecule has 4 nitrogen and oxygen atoms in total. The van der Waals surface area contributed by atoms with Gasteiger partial charge in [0.15, 0.2) is 0 Å². The first-order valence-corrected chi connectivity index (χ1v) is 5.97. The summed E-state index contributed by atoms with van der Waals surface area (Å²) in [5.74, 6) is 0.459. The molecule has 2 N–H and O–H groups in total. The van der Waals surface area contributed by atoms with Crippen LogP contribution in [0.15, 0.2) is 0 Å². The van der Waals surface area contributed by atoms with E-state index >= 15 is 0 Å². The average Bonchev–Trinajstić information content (AvgIpc) is 2.17. The summed E-state index contributed by atoms with van der Waals surface area (Å²) >= 11 is 0. The topological polar surface area (TPSA) is 55.6 Å². The highest BCUT2D eigenvalue weighted by atomic mass is 16.5.